The molecule has 0 radical (unpaired) electrons. The summed E-state index contributed by atoms with van der Waals surface area (Å²) >= 11 is 0. The summed E-state index contributed by atoms with van der Waals surface area (Å²) in [7, 11) is 0. The van der Waals surface area contributed by atoms with Gasteiger partial charge in [-0.05, 0) is 34.0 Å². The Labute approximate surface area is 162 Å². The largest absolute Gasteiger partial charge is 0.455 e. The lowest BCUT2D eigenvalue weighted by atomic mass is 10.0. The first kappa shape index (κ1) is 17.9. The van der Waals surface area contributed by atoms with Gasteiger partial charge < -0.3 is 19.5 Å². The number of nitrogens with one attached hydrogen (secondary N) is 1. The van der Waals surface area contributed by atoms with E-state index in [1.807, 2.05) is 54.6 Å². The lowest BCUT2D eigenvalue weighted by molar-refractivity contribution is -0.147. The molecule has 0 atom stereocenters. The first-order valence-corrected chi connectivity index (χ1v) is 8.96. The molecule has 1 amide bonds. The summed E-state index contributed by atoms with van der Waals surface area (Å²) in [5.74, 6) is 0.559. The molecular formula is C22H19NO5. The monoisotopic (exact) mass is 377 g/mol. The number of amides is 1. The van der Waals surface area contributed by atoms with Gasteiger partial charge >= 0.3 is 5.97 Å². The van der Waals surface area contributed by atoms with Gasteiger partial charge in [-0.1, -0.05) is 48.5 Å². The van der Waals surface area contributed by atoms with E-state index >= 15 is 0 Å². The van der Waals surface area contributed by atoms with E-state index in [4.69, 9.17) is 14.2 Å². The molecule has 0 unspecified atom stereocenters. The second kappa shape index (κ2) is 8.00. The molecule has 1 aliphatic heterocycles. The first-order chi connectivity index (χ1) is 13.7. The molecule has 3 aromatic carbocycles. The highest BCUT2D eigenvalue weighted by atomic mass is 16.7. The van der Waals surface area contributed by atoms with Crippen LogP contribution in [0, 0.1) is 0 Å². The van der Waals surface area contributed by atoms with Crippen LogP contribution in [-0.4, -0.2) is 25.3 Å². The van der Waals surface area contributed by atoms with Crippen molar-refractivity contribution in [3.63, 3.8) is 0 Å². The number of carbonyl (C=O) groups excluding carboxylic acids is 2. The third-order valence-electron chi connectivity index (χ3n) is 4.51. The van der Waals surface area contributed by atoms with E-state index < -0.39 is 5.97 Å². The van der Waals surface area contributed by atoms with Crippen LogP contribution in [0.25, 0.3) is 10.8 Å². The zero-order valence-corrected chi connectivity index (χ0v) is 15.1. The average molecular weight is 377 g/mol. The Kier molecular flexibility index (Phi) is 5.10. The molecule has 0 saturated carbocycles. The molecule has 1 heterocycles. The Morgan fingerprint density at radius 2 is 1.79 bits per heavy atom. The van der Waals surface area contributed by atoms with E-state index in [1.165, 1.54) is 0 Å². The van der Waals surface area contributed by atoms with Crippen LogP contribution in [0.5, 0.6) is 11.5 Å². The Morgan fingerprint density at radius 3 is 2.71 bits per heavy atom. The zero-order valence-electron chi connectivity index (χ0n) is 15.1. The Hall–Kier alpha value is -3.54. The number of ether oxygens (including phenoxy) is 3. The van der Waals surface area contributed by atoms with Crippen molar-refractivity contribution >= 4 is 22.6 Å². The van der Waals surface area contributed by atoms with E-state index in [2.05, 4.69) is 5.32 Å². The van der Waals surface area contributed by atoms with Gasteiger partial charge in [0.25, 0.3) is 5.91 Å². The van der Waals surface area contributed by atoms with Crippen molar-refractivity contribution in [3.8, 4) is 11.5 Å². The van der Waals surface area contributed by atoms with Crippen molar-refractivity contribution in [1.29, 1.82) is 0 Å². The summed E-state index contributed by atoms with van der Waals surface area (Å²) in [5, 5.41) is 4.80. The van der Waals surface area contributed by atoms with Gasteiger partial charge in [0.2, 0.25) is 6.79 Å². The summed E-state index contributed by atoms with van der Waals surface area (Å²) < 4.78 is 15.7. The van der Waals surface area contributed by atoms with Gasteiger partial charge in [0.05, 0.1) is 6.42 Å². The molecule has 0 bridgehead atoms. The summed E-state index contributed by atoms with van der Waals surface area (Å²) in [4.78, 5) is 24.1. The van der Waals surface area contributed by atoms with E-state index in [1.54, 1.807) is 6.07 Å². The van der Waals surface area contributed by atoms with Crippen molar-refractivity contribution in [3.05, 3.63) is 71.8 Å². The van der Waals surface area contributed by atoms with Gasteiger partial charge in [-0.3, -0.25) is 9.59 Å². The smallest absolute Gasteiger partial charge is 0.310 e. The topological polar surface area (TPSA) is 73.9 Å². The molecule has 6 nitrogen and oxygen atoms in total. The standard InChI is InChI=1S/C22H19NO5/c24-21(23-12-15-8-9-19-20(10-15)28-14-27-19)13-26-22(25)11-17-6-3-5-16-4-1-2-7-18(16)17/h1-10H,11-14H2,(H,23,24). The number of carbonyl (C=O) groups is 2. The maximum absolute atomic E-state index is 12.1. The molecule has 4 rings (SSSR count). The molecule has 28 heavy (non-hydrogen) atoms. The molecule has 0 saturated heterocycles. The van der Waals surface area contributed by atoms with Crippen LogP contribution in [-0.2, 0) is 27.3 Å². The van der Waals surface area contributed by atoms with Crippen LogP contribution < -0.4 is 14.8 Å². The molecule has 1 N–H and O–H groups in total. The number of benzene rings is 3. The quantitative estimate of drug-likeness (QED) is 0.669. The minimum Gasteiger partial charge on any atom is -0.455 e. The number of esters is 1. The van der Waals surface area contributed by atoms with Crippen LogP contribution in [0.1, 0.15) is 11.1 Å². The fourth-order valence-electron chi connectivity index (χ4n) is 3.10. The normalized spacial score (nSPS) is 12.0. The van der Waals surface area contributed by atoms with Gasteiger partial charge in [0.1, 0.15) is 0 Å². The van der Waals surface area contributed by atoms with Crippen molar-refractivity contribution in [2.24, 2.45) is 0 Å². The molecule has 1 aliphatic rings. The molecule has 6 heteroatoms. The Bertz CT molecular complexity index is 1030. The van der Waals surface area contributed by atoms with Gasteiger partial charge in [-0.2, -0.15) is 0 Å². The van der Waals surface area contributed by atoms with Crippen molar-refractivity contribution in [2.75, 3.05) is 13.4 Å². The summed E-state index contributed by atoms with van der Waals surface area (Å²) in [5.41, 5.74) is 1.75. The number of rotatable bonds is 6. The first-order valence-electron chi connectivity index (χ1n) is 8.96. The third-order valence-corrected chi connectivity index (χ3v) is 4.51. The van der Waals surface area contributed by atoms with Gasteiger partial charge in [-0.25, -0.2) is 0 Å². The van der Waals surface area contributed by atoms with E-state index in [9.17, 15) is 9.59 Å². The SMILES string of the molecule is O=C(COC(=O)Cc1cccc2ccccc12)NCc1ccc2c(c1)OCO2. The minimum absolute atomic E-state index is 0.122. The van der Waals surface area contributed by atoms with Crippen molar-refractivity contribution in [2.45, 2.75) is 13.0 Å². The number of hydrogen-bond acceptors (Lipinski definition) is 5. The number of fused-ring (bicyclic) bond motifs is 2. The van der Waals surface area contributed by atoms with Crippen LogP contribution >= 0.6 is 0 Å². The molecule has 3 aromatic rings. The molecule has 0 aliphatic carbocycles. The van der Waals surface area contributed by atoms with Gasteiger partial charge in [0, 0.05) is 6.54 Å². The van der Waals surface area contributed by atoms with Crippen LogP contribution in [0.15, 0.2) is 60.7 Å². The van der Waals surface area contributed by atoms with Crippen LogP contribution in [0.4, 0.5) is 0 Å². The highest BCUT2D eigenvalue weighted by Crippen LogP contribution is 2.32. The lowest BCUT2D eigenvalue weighted by Gasteiger charge is -2.09. The van der Waals surface area contributed by atoms with Crippen molar-refractivity contribution < 1.29 is 23.8 Å². The average Bonchev–Trinajstić information content (AvgIpc) is 3.19. The Morgan fingerprint density at radius 1 is 0.964 bits per heavy atom. The van der Waals surface area contributed by atoms with Crippen LogP contribution in [0.3, 0.4) is 0 Å². The highest BCUT2D eigenvalue weighted by Gasteiger charge is 2.14. The summed E-state index contributed by atoms with van der Waals surface area (Å²) in [6.07, 6.45) is 0.122. The third kappa shape index (κ3) is 4.06. The van der Waals surface area contributed by atoms with Gasteiger partial charge in [-0.15, -0.1) is 0 Å². The predicted octanol–water partition coefficient (Wildman–Crippen LogP) is 2.97. The lowest BCUT2D eigenvalue weighted by Crippen LogP contribution is -2.28. The minimum atomic E-state index is -0.436. The van der Waals surface area contributed by atoms with E-state index in [0.29, 0.717) is 18.0 Å². The molecule has 142 valence electrons. The van der Waals surface area contributed by atoms with E-state index in [0.717, 1.165) is 21.9 Å². The molecule has 0 spiro atoms. The second-order valence-electron chi connectivity index (χ2n) is 6.44. The zero-order chi connectivity index (χ0) is 19.3. The van der Waals surface area contributed by atoms with Crippen LogP contribution in [0.2, 0.25) is 0 Å². The molecular weight excluding hydrogens is 358 g/mol. The fourth-order valence-corrected chi connectivity index (χ4v) is 3.10. The second-order valence-corrected chi connectivity index (χ2v) is 6.44. The maximum atomic E-state index is 12.1. The number of hydrogen-bond donors (Lipinski definition) is 1. The predicted molar refractivity (Wildman–Crippen MR) is 103 cm³/mol. The summed E-state index contributed by atoms with van der Waals surface area (Å²) in [6, 6.07) is 19.1. The molecule has 0 fully saturated rings. The highest BCUT2D eigenvalue weighted by molar-refractivity contribution is 5.89. The maximum Gasteiger partial charge on any atom is 0.310 e. The molecule has 0 aromatic heterocycles. The van der Waals surface area contributed by atoms with Crippen molar-refractivity contribution in [1.82, 2.24) is 5.32 Å². The van der Waals surface area contributed by atoms with Gasteiger partial charge in [0.15, 0.2) is 18.1 Å². The fraction of sp³-hybridized carbons (Fsp3) is 0.182. The summed E-state index contributed by atoms with van der Waals surface area (Å²) in [6.45, 7) is 0.211. The van der Waals surface area contributed by atoms with E-state index in [-0.39, 0.29) is 25.7 Å². The Balaban J connectivity index is 1.27.